The second-order valence-electron chi connectivity index (χ2n) is 4.32. The van der Waals surface area contributed by atoms with Crippen LogP contribution in [0.5, 0.6) is 0 Å². The molecule has 0 aliphatic carbocycles. The fourth-order valence-corrected chi connectivity index (χ4v) is 2.91. The van der Waals surface area contributed by atoms with Crippen molar-refractivity contribution < 1.29 is 4.39 Å². The summed E-state index contributed by atoms with van der Waals surface area (Å²) in [4.78, 5) is 5.74. The lowest BCUT2D eigenvalue weighted by Gasteiger charge is -2.15. The summed E-state index contributed by atoms with van der Waals surface area (Å²) in [6.07, 6.45) is 0.719. The van der Waals surface area contributed by atoms with Gasteiger partial charge in [0.15, 0.2) is 0 Å². The Morgan fingerprint density at radius 3 is 2.61 bits per heavy atom. The van der Waals surface area contributed by atoms with E-state index in [0.717, 1.165) is 17.1 Å². The maximum absolute atomic E-state index is 13.8. The molecule has 2 nitrogen and oxygen atoms in total. The van der Waals surface area contributed by atoms with Gasteiger partial charge in [-0.05, 0) is 27.0 Å². The van der Waals surface area contributed by atoms with Gasteiger partial charge in [-0.15, -0.1) is 11.3 Å². The van der Waals surface area contributed by atoms with E-state index in [2.05, 4.69) is 17.2 Å². The zero-order valence-corrected chi connectivity index (χ0v) is 11.6. The molecular weight excluding hydrogens is 247 g/mol. The summed E-state index contributed by atoms with van der Waals surface area (Å²) in [5, 5.41) is 4.21. The van der Waals surface area contributed by atoms with Gasteiger partial charge in [0, 0.05) is 22.9 Å². The van der Waals surface area contributed by atoms with E-state index in [-0.39, 0.29) is 11.9 Å². The molecule has 4 heteroatoms. The SMILES string of the molecule is CNC(Cc1nc(C)c(C)s1)c1ccccc1F. The Labute approximate surface area is 111 Å². The smallest absolute Gasteiger partial charge is 0.127 e. The van der Waals surface area contributed by atoms with Crippen molar-refractivity contribution in [1.82, 2.24) is 10.3 Å². The molecule has 96 valence electrons. The second kappa shape index (κ2) is 5.59. The van der Waals surface area contributed by atoms with Crippen molar-refractivity contribution in [3.8, 4) is 0 Å². The minimum absolute atomic E-state index is 0.0313. The van der Waals surface area contributed by atoms with Gasteiger partial charge in [-0.2, -0.15) is 0 Å². The first-order valence-electron chi connectivity index (χ1n) is 5.96. The third-order valence-corrected chi connectivity index (χ3v) is 4.18. The molecule has 0 bridgehead atoms. The third-order valence-electron chi connectivity index (χ3n) is 3.08. The van der Waals surface area contributed by atoms with Gasteiger partial charge < -0.3 is 5.32 Å². The zero-order valence-electron chi connectivity index (χ0n) is 10.8. The van der Waals surface area contributed by atoms with Crippen LogP contribution < -0.4 is 5.32 Å². The summed E-state index contributed by atoms with van der Waals surface area (Å²) in [7, 11) is 1.85. The predicted octanol–water partition coefficient (Wildman–Crippen LogP) is 3.40. The van der Waals surface area contributed by atoms with Crippen molar-refractivity contribution in [2.75, 3.05) is 7.05 Å². The molecule has 0 fully saturated rings. The number of rotatable bonds is 4. The van der Waals surface area contributed by atoms with E-state index < -0.39 is 0 Å². The van der Waals surface area contributed by atoms with Crippen LogP contribution in [0.15, 0.2) is 24.3 Å². The maximum atomic E-state index is 13.8. The molecule has 1 atom stereocenters. The minimum atomic E-state index is -0.165. The highest BCUT2D eigenvalue weighted by Crippen LogP contribution is 2.24. The maximum Gasteiger partial charge on any atom is 0.127 e. The zero-order chi connectivity index (χ0) is 13.1. The normalized spacial score (nSPS) is 12.7. The van der Waals surface area contributed by atoms with Crippen molar-refractivity contribution in [3.63, 3.8) is 0 Å². The molecule has 1 aromatic heterocycles. The first-order valence-corrected chi connectivity index (χ1v) is 6.78. The molecule has 0 aliphatic rings. The highest BCUT2D eigenvalue weighted by Gasteiger charge is 2.16. The number of benzene rings is 1. The van der Waals surface area contributed by atoms with Crippen LogP contribution in [-0.2, 0) is 6.42 Å². The fraction of sp³-hybridized carbons (Fsp3) is 0.357. The number of likely N-dealkylation sites (N-methyl/N-ethyl adjacent to an activating group) is 1. The molecule has 0 radical (unpaired) electrons. The summed E-state index contributed by atoms with van der Waals surface area (Å²) in [6.45, 7) is 4.07. The van der Waals surface area contributed by atoms with Crippen molar-refractivity contribution >= 4 is 11.3 Å². The molecule has 0 spiro atoms. The van der Waals surface area contributed by atoms with Crippen molar-refractivity contribution in [2.45, 2.75) is 26.3 Å². The highest BCUT2D eigenvalue weighted by molar-refractivity contribution is 7.11. The van der Waals surface area contributed by atoms with Crippen LogP contribution in [0.25, 0.3) is 0 Å². The Morgan fingerprint density at radius 1 is 1.33 bits per heavy atom. The Hall–Kier alpha value is -1.26. The number of thiazole rings is 1. The average molecular weight is 264 g/mol. The van der Waals surface area contributed by atoms with Crippen LogP contribution in [0.3, 0.4) is 0 Å². The van der Waals surface area contributed by atoms with Crippen LogP contribution in [-0.4, -0.2) is 12.0 Å². The number of aryl methyl sites for hydroxylation is 2. The average Bonchev–Trinajstić information content (AvgIpc) is 2.66. The van der Waals surface area contributed by atoms with Crippen molar-refractivity contribution in [2.24, 2.45) is 0 Å². The standard InChI is InChI=1S/C14H17FN2S/c1-9-10(2)18-14(17-9)8-13(16-3)11-6-4-5-7-12(11)15/h4-7,13,16H,8H2,1-3H3. The molecule has 0 saturated heterocycles. The van der Waals surface area contributed by atoms with Gasteiger partial charge in [0.2, 0.25) is 0 Å². The molecule has 2 rings (SSSR count). The van der Waals surface area contributed by atoms with Crippen LogP contribution >= 0.6 is 11.3 Å². The summed E-state index contributed by atoms with van der Waals surface area (Å²) in [5.41, 5.74) is 1.77. The van der Waals surface area contributed by atoms with Gasteiger partial charge in [0.1, 0.15) is 5.82 Å². The summed E-state index contributed by atoms with van der Waals surface area (Å²) < 4.78 is 13.8. The van der Waals surface area contributed by atoms with Crippen LogP contribution in [0.4, 0.5) is 4.39 Å². The number of nitrogens with one attached hydrogen (secondary N) is 1. The van der Waals surface area contributed by atoms with Crippen molar-refractivity contribution in [3.05, 3.63) is 51.2 Å². The van der Waals surface area contributed by atoms with E-state index in [1.807, 2.05) is 26.1 Å². The lowest BCUT2D eigenvalue weighted by Crippen LogP contribution is -2.20. The lowest BCUT2D eigenvalue weighted by molar-refractivity contribution is 0.533. The van der Waals surface area contributed by atoms with Crippen LogP contribution in [0.1, 0.15) is 27.2 Å². The Bertz CT molecular complexity index is 517. The van der Waals surface area contributed by atoms with E-state index in [0.29, 0.717) is 5.56 Å². The number of aromatic nitrogens is 1. The van der Waals surface area contributed by atoms with Crippen molar-refractivity contribution in [1.29, 1.82) is 0 Å². The molecule has 1 N–H and O–H groups in total. The van der Waals surface area contributed by atoms with Gasteiger partial charge >= 0.3 is 0 Å². The molecule has 1 aromatic carbocycles. The molecular formula is C14H17FN2S. The van der Waals surface area contributed by atoms with E-state index >= 15 is 0 Å². The summed E-state index contributed by atoms with van der Waals surface area (Å²) in [5.74, 6) is -0.165. The van der Waals surface area contributed by atoms with Gasteiger partial charge in [0.05, 0.1) is 10.7 Å². The molecule has 1 unspecified atom stereocenters. The van der Waals surface area contributed by atoms with Gasteiger partial charge in [-0.1, -0.05) is 18.2 Å². The topological polar surface area (TPSA) is 24.9 Å². The molecule has 0 amide bonds. The van der Waals surface area contributed by atoms with Gasteiger partial charge in [-0.25, -0.2) is 9.37 Å². The molecule has 0 aliphatic heterocycles. The van der Waals surface area contributed by atoms with E-state index in [1.165, 1.54) is 10.9 Å². The first kappa shape index (κ1) is 13.2. The summed E-state index contributed by atoms with van der Waals surface area (Å²) >= 11 is 1.69. The van der Waals surface area contributed by atoms with E-state index in [9.17, 15) is 4.39 Å². The highest BCUT2D eigenvalue weighted by atomic mass is 32.1. The third kappa shape index (κ3) is 2.76. The largest absolute Gasteiger partial charge is 0.313 e. The fourth-order valence-electron chi connectivity index (χ4n) is 1.93. The molecule has 18 heavy (non-hydrogen) atoms. The van der Waals surface area contributed by atoms with Gasteiger partial charge in [0.25, 0.3) is 0 Å². The first-order chi connectivity index (χ1) is 8.61. The monoisotopic (exact) mass is 264 g/mol. The predicted molar refractivity (Wildman–Crippen MR) is 73.5 cm³/mol. The quantitative estimate of drug-likeness (QED) is 0.915. The Morgan fingerprint density at radius 2 is 2.06 bits per heavy atom. The molecule has 0 saturated carbocycles. The van der Waals surface area contributed by atoms with E-state index in [1.54, 1.807) is 17.4 Å². The van der Waals surface area contributed by atoms with E-state index in [4.69, 9.17) is 0 Å². The Kier molecular flexibility index (Phi) is 4.09. The number of halogens is 1. The molecule has 2 aromatic rings. The minimum Gasteiger partial charge on any atom is -0.313 e. The number of hydrogen-bond acceptors (Lipinski definition) is 3. The summed E-state index contributed by atoms with van der Waals surface area (Å²) in [6, 6.07) is 6.86. The number of nitrogens with zero attached hydrogens (tertiary/aromatic N) is 1. The Balaban J connectivity index is 2.22. The number of hydrogen-bond donors (Lipinski definition) is 1. The lowest BCUT2D eigenvalue weighted by atomic mass is 10.0. The van der Waals surface area contributed by atoms with Gasteiger partial charge in [-0.3, -0.25) is 0 Å². The molecule has 1 heterocycles. The second-order valence-corrected chi connectivity index (χ2v) is 5.60. The van der Waals surface area contributed by atoms with Crippen LogP contribution in [0.2, 0.25) is 0 Å². The van der Waals surface area contributed by atoms with Crippen LogP contribution in [0, 0.1) is 19.7 Å².